The summed E-state index contributed by atoms with van der Waals surface area (Å²) in [7, 11) is 0. The van der Waals surface area contributed by atoms with Gasteiger partial charge >= 0.3 is 0 Å². The Hall–Kier alpha value is -1.56. The molecule has 0 bridgehead atoms. The van der Waals surface area contributed by atoms with Crippen molar-refractivity contribution in [3.8, 4) is 0 Å². The molecule has 0 saturated heterocycles. The van der Waals surface area contributed by atoms with Crippen LogP contribution in [-0.2, 0) is 0 Å². The number of aliphatic hydroxyl groups excluding tert-OH is 1. The van der Waals surface area contributed by atoms with Crippen molar-refractivity contribution in [2.45, 2.75) is 19.4 Å². The quantitative estimate of drug-likeness (QED) is 0.525. The number of carbonyl (C=O) groups is 1. The lowest BCUT2D eigenvalue weighted by Crippen LogP contribution is -2.46. The van der Waals surface area contributed by atoms with Gasteiger partial charge in [0.1, 0.15) is 11.4 Å². The highest BCUT2D eigenvalue weighted by Crippen LogP contribution is 2.08. The molecule has 1 heterocycles. The summed E-state index contributed by atoms with van der Waals surface area (Å²) in [4.78, 5) is 11.5. The van der Waals surface area contributed by atoms with Crippen LogP contribution in [0.5, 0.6) is 0 Å². The van der Waals surface area contributed by atoms with Gasteiger partial charge in [-0.15, -0.1) is 0 Å². The molecule has 0 spiro atoms. The Morgan fingerprint density at radius 3 is 2.86 bits per heavy atom. The normalized spacial score (nSPS) is 11.4. The number of nitrogens with zero attached hydrogens (tertiary/aromatic N) is 1. The van der Waals surface area contributed by atoms with Crippen molar-refractivity contribution >= 4 is 11.7 Å². The molecular formula is C8H14N4O2. The summed E-state index contributed by atoms with van der Waals surface area (Å²) in [5.41, 5.74) is 5.08. The van der Waals surface area contributed by atoms with Crippen LogP contribution in [0.1, 0.15) is 24.2 Å². The van der Waals surface area contributed by atoms with Crippen LogP contribution in [0.4, 0.5) is 5.82 Å². The van der Waals surface area contributed by atoms with Gasteiger partial charge in [0.05, 0.1) is 18.3 Å². The molecule has 0 aliphatic carbocycles. The van der Waals surface area contributed by atoms with Gasteiger partial charge < -0.3 is 16.2 Å². The van der Waals surface area contributed by atoms with Gasteiger partial charge in [-0.2, -0.15) is 5.10 Å². The number of carbonyl (C=O) groups excluding carboxylic acids is 1. The maximum Gasteiger partial charge on any atom is 0.257 e. The number of hydrogen-bond donors (Lipinski definition) is 4. The predicted octanol–water partition coefficient (Wildman–Crippen LogP) is -0.507. The Morgan fingerprint density at radius 1 is 1.79 bits per heavy atom. The number of rotatable bonds is 3. The second-order valence-electron chi connectivity index (χ2n) is 3.69. The summed E-state index contributed by atoms with van der Waals surface area (Å²) < 4.78 is 0. The number of aromatic amines is 1. The minimum atomic E-state index is -0.666. The number of nitrogens with two attached hydrogens (primary N) is 1. The van der Waals surface area contributed by atoms with E-state index in [4.69, 9.17) is 10.8 Å². The zero-order chi connectivity index (χ0) is 10.8. The van der Waals surface area contributed by atoms with E-state index in [2.05, 4.69) is 15.5 Å². The summed E-state index contributed by atoms with van der Waals surface area (Å²) in [5, 5.41) is 17.6. The summed E-state index contributed by atoms with van der Waals surface area (Å²) in [6.07, 6.45) is 1.35. The van der Waals surface area contributed by atoms with Crippen LogP contribution in [-0.4, -0.2) is 33.4 Å². The number of anilines is 1. The summed E-state index contributed by atoms with van der Waals surface area (Å²) in [6, 6.07) is 0. The van der Waals surface area contributed by atoms with Gasteiger partial charge in [0, 0.05) is 0 Å². The standard InChI is InChI=1S/C8H14N4O2/c1-8(2,4-13)11-7(14)5-3-10-12-6(5)9/h3,13H,4H2,1-2H3,(H,11,14)(H3,9,10,12). The maximum atomic E-state index is 11.5. The van der Waals surface area contributed by atoms with Crippen molar-refractivity contribution in [3.63, 3.8) is 0 Å². The molecule has 14 heavy (non-hydrogen) atoms. The SMILES string of the molecule is CC(C)(CO)NC(=O)c1cn[nH]c1N. The van der Waals surface area contributed by atoms with Crippen molar-refractivity contribution in [3.05, 3.63) is 11.8 Å². The van der Waals surface area contributed by atoms with Crippen LogP contribution in [0.25, 0.3) is 0 Å². The van der Waals surface area contributed by atoms with Crippen LogP contribution in [0.15, 0.2) is 6.20 Å². The zero-order valence-corrected chi connectivity index (χ0v) is 8.16. The number of aliphatic hydroxyl groups is 1. The molecule has 0 aliphatic heterocycles. The number of nitrogen functional groups attached to an aromatic ring is 1. The van der Waals surface area contributed by atoms with E-state index in [-0.39, 0.29) is 23.9 Å². The average molecular weight is 198 g/mol. The fraction of sp³-hybridized carbons (Fsp3) is 0.500. The molecule has 0 aliphatic rings. The number of hydrogen-bond acceptors (Lipinski definition) is 4. The first-order valence-electron chi connectivity index (χ1n) is 4.18. The lowest BCUT2D eigenvalue weighted by molar-refractivity contribution is 0.0870. The Balaban J connectivity index is 2.73. The molecule has 1 aromatic heterocycles. The molecule has 78 valence electrons. The van der Waals surface area contributed by atoms with Crippen molar-refractivity contribution in [2.75, 3.05) is 12.3 Å². The van der Waals surface area contributed by atoms with E-state index in [0.717, 1.165) is 0 Å². The van der Waals surface area contributed by atoms with Crippen molar-refractivity contribution in [1.29, 1.82) is 0 Å². The first-order valence-corrected chi connectivity index (χ1v) is 4.18. The predicted molar refractivity (Wildman–Crippen MR) is 51.6 cm³/mol. The minimum Gasteiger partial charge on any atom is -0.394 e. The Kier molecular flexibility index (Phi) is 2.76. The molecule has 0 radical (unpaired) electrons. The first kappa shape index (κ1) is 10.5. The summed E-state index contributed by atoms with van der Waals surface area (Å²) in [5.74, 6) is -0.133. The highest BCUT2D eigenvalue weighted by Gasteiger charge is 2.21. The highest BCUT2D eigenvalue weighted by atomic mass is 16.3. The lowest BCUT2D eigenvalue weighted by Gasteiger charge is -2.23. The van der Waals surface area contributed by atoms with Crippen molar-refractivity contribution in [1.82, 2.24) is 15.5 Å². The summed E-state index contributed by atoms with van der Waals surface area (Å²) in [6.45, 7) is 3.28. The first-order chi connectivity index (χ1) is 6.46. The minimum absolute atomic E-state index is 0.142. The van der Waals surface area contributed by atoms with Crippen LogP contribution in [0.3, 0.4) is 0 Å². The van der Waals surface area contributed by atoms with Gasteiger partial charge in [-0.3, -0.25) is 9.89 Å². The van der Waals surface area contributed by atoms with E-state index >= 15 is 0 Å². The van der Waals surface area contributed by atoms with Gasteiger partial charge in [-0.25, -0.2) is 0 Å². The molecule has 5 N–H and O–H groups in total. The van der Waals surface area contributed by atoms with Gasteiger partial charge in [0.2, 0.25) is 0 Å². The van der Waals surface area contributed by atoms with E-state index in [1.54, 1.807) is 13.8 Å². The maximum absolute atomic E-state index is 11.5. The number of aromatic nitrogens is 2. The molecule has 6 heteroatoms. The van der Waals surface area contributed by atoms with Gasteiger partial charge in [-0.1, -0.05) is 0 Å². The molecule has 0 atom stereocenters. The van der Waals surface area contributed by atoms with E-state index < -0.39 is 5.54 Å². The topological polar surface area (TPSA) is 104 Å². The fourth-order valence-electron chi connectivity index (χ4n) is 0.891. The molecule has 0 fully saturated rings. The fourth-order valence-corrected chi connectivity index (χ4v) is 0.891. The second kappa shape index (κ2) is 3.67. The Morgan fingerprint density at radius 2 is 2.43 bits per heavy atom. The van der Waals surface area contributed by atoms with E-state index in [1.165, 1.54) is 6.20 Å². The Labute approximate surface area is 81.5 Å². The third-order valence-electron chi connectivity index (χ3n) is 1.76. The molecule has 6 nitrogen and oxygen atoms in total. The smallest absolute Gasteiger partial charge is 0.257 e. The third kappa shape index (κ3) is 2.23. The van der Waals surface area contributed by atoms with Crippen molar-refractivity contribution < 1.29 is 9.90 Å². The molecule has 1 amide bonds. The molecule has 0 unspecified atom stereocenters. The summed E-state index contributed by atoms with van der Waals surface area (Å²) >= 11 is 0. The number of H-pyrrole nitrogens is 1. The average Bonchev–Trinajstić information content (AvgIpc) is 2.51. The van der Waals surface area contributed by atoms with Crippen molar-refractivity contribution in [2.24, 2.45) is 0 Å². The molecule has 0 saturated carbocycles. The molecule has 1 aromatic rings. The molecule has 1 rings (SSSR count). The van der Waals surface area contributed by atoms with E-state index in [0.29, 0.717) is 0 Å². The van der Waals surface area contributed by atoms with Gasteiger partial charge in [0.15, 0.2) is 0 Å². The molecule has 0 aromatic carbocycles. The van der Waals surface area contributed by atoms with E-state index in [9.17, 15) is 4.79 Å². The van der Waals surface area contributed by atoms with Gasteiger partial charge in [0.25, 0.3) is 5.91 Å². The number of amides is 1. The van der Waals surface area contributed by atoms with E-state index in [1.807, 2.05) is 0 Å². The van der Waals surface area contributed by atoms with Crippen LogP contribution in [0.2, 0.25) is 0 Å². The largest absolute Gasteiger partial charge is 0.394 e. The molecular weight excluding hydrogens is 184 g/mol. The Bertz CT molecular complexity index is 332. The monoisotopic (exact) mass is 198 g/mol. The van der Waals surface area contributed by atoms with Crippen LogP contribution in [0, 0.1) is 0 Å². The third-order valence-corrected chi connectivity index (χ3v) is 1.76. The lowest BCUT2D eigenvalue weighted by atomic mass is 10.1. The van der Waals surface area contributed by atoms with Gasteiger partial charge in [-0.05, 0) is 13.8 Å². The van der Waals surface area contributed by atoms with Crippen LogP contribution < -0.4 is 11.1 Å². The van der Waals surface area contributed by atoms with Crippen LogP contribution >= 0.6 is 0 Å². The zero-order valence-electron chi connectivity index (χ0n) is 8.16. The second-order valence-corrected chi connectivity index (χ2v) is 3.69. The highest BCUT2D eigenvalue weighted by molar-refractivity contribution is 5.98. The number of nitrogens with one attached hydrogen (secondary N) is 2.